The summed E-state index contributed by atoms with van der Waals surface area (Å²) >= 11 is 3.48. The smallest absolute Gasteiger partial charge is 0.131 e. The molecule has 2 heterocycles. The van der Waals surface area contributed by atoms with Crippen LogP contribution in [0.4, 0.5) is 11.5 Å². The molecule has 1 aromatic carbocycles. The van der Waals surface area contributed by atoms with Gasteiger partial charge >= 0.3 is 0 Å². The topological polar surface area (TPSA) is 56.1 Å². The van der Waals surface area contributed by atoms with Crippen molar-refractivity contribution in [2.75, 3.05) is 29.9 Å². The maximum Gasteiger partial charge on any atom is 0.131 e. The third-order valence-corrected chi connectivity index (χ3v) is 4.97. The van der Waals surface area contributed by atoms with Crippen LogP contribution in [-0.4, -0.2) is 36.1 Å². The van der Waals surface area contributed by atoms with Gasteiger partial charge in [0.05, 0.1) is 5.56 Å². The molecule has 1 saturated heterocycles. The molecule has 6 heteroatoms. The molecule has 0 amide bonds. The Kier molecular flexibility index (Phi) is 4.77. The number of benzene rings is 1. The molecule has 0 saturated carbocycles. The van der Waals surface area contributed by atoms with E-state index in [1.807, 2.05) is 24.3 Å². The van der Waals surface area contributed by atoms with E-state index in [0.29, 0.717) is 11.6 Å². The first-order valence-electron chi connectivity index (χ1n) is 7.62. The lowest BCUT2D eigenvalue weighted by Gasteiger charge is -2.39. The first kappa shape index (κ1) is 15.8. The quantitative estimate of drug-likeness (QED) is 0.828. The highest BCUT2D eigenvalue weighted by molar-refractivity contribution is 9.10. The van der Waals surface area contributed by atoms with E-state index in [1.165, 1.54) is 0 Å². The summed E-state index contributed by atoms with van der Waals surface area (Å²) in [5.41, 5.74) is 1.82. The predicted molar refractivity (Wildman–Crippen MR) is 94.5 cm³/mol. The molecule has 1 fully saturated rings. The van der Waals surface area contributed by atoms with Gasteiger partial charge < -0.3 is 9.80 Å². The van der Waals surface area contributed by atoms with E-state index in [0.717, 1.165) is 41.9 Å². The van der Waals surface area contributed by atoms with Crippen molar-refractivity contribution in [1.29, 1.82) is 5.26 Å². The fourth-order valence-corrected chi connectivity index (χ4v) is 3.43. The van der Waals surface area contributed by atoms with Gasteiger partial charge in [0.2, 0.25) is 0 Å². The van der Waals surface area contributed by atoms with Crippen molar-refractivity contribution in [3.63, 3.8) is 0 Å². The van der Waals surface area contributed by atoms with E-state index in [1.54, 1.807) is 12.5 Å². The van der Waals surface area contributed by atoms with Crippen molar-refractivity contribution >= 4 is 27.4 Å². The van der Waals surface area contributed by atoms with Crippen molar-refractivity contribution < 1.29 is 0 Å². The Morgan fingerprint density at radius 1 is 1.39 bits per heavy atom. The van der Waals surface area contributed by atoms with Crippen LogP contribution < -0.4 is 9.80 Å². The Balaban J connectivity index is 1.76. The van der Waals surface area contributed by atoms with E-state index in [4.69, 9.17) is 5.26 Å². The third kappa shape index (κ3) is 3.45. The lowest BCUT2D eigenvalue weighted by Crippen LogP contribution is -2.47. The highest BCUT2D eigenvalue weighted by atomic mass is 79.9. The molecule has 3 rings (SSSR count). The minimum Gasteiger partial charge on any atom is -0.369 e. The Morgan fingerprint density at radius 2 is 2.26 bits per heavy atom. The Morgan fingerprint density at radius 3 is 2.96 bits per heavy atom. The number of likely N-dealkylation sites (N-methyl/N-ethyl adjacent to an activating group) is 1. The zero-order valence-electron chi connectivity index (χ0n) is 13.0. The van der Waals surface area contributed by atoms with Crippen molar-refractivity contribution in [3.05, 3.63) is 46.8 Å². The van der Waals surface area contributed by atoms with Crippen LogP contribution in [0.25, 0.3) is 0 Å². The number of nitrogens with zero attached hydrogens (tertiary/aromatic N) is 5. The summed E-state index contributed by atoms with van der Waals surface area (Å²) in [6.07, 6.45) is 5.65. The van der Waals surface area contributed by atoms with Gasteiger partial charge in [-0.1, -0.05) is 0 Å². The number of aromatic nitrogens is 2. The molecule has 2 aromatic rings. The van der Waals surface area contributed by atoms with Crippen molar-refractivity contribution in [2.45, 2.75) is 18.9 Å². The second kappa shape index (κ2) is 6.97. The molecule has 118 valence electrons. The zero-order valence-corrected chi connectivity index (χ0v) is 14.6. The molecule has 0 radical (unpaired) electrons. The number of piperidine rings is 1. The van der Waals surface area contributed by atoms with E-state index in [2.05, 4.69) is 48.8 Å². The summed E-state index contributed by atoms with van der Waals surface area (Å²) in [5, 5.41) is 9.05. The van der Waals surface area contributed by atoms with E-state index in [-0.39, 0.29) is 0 Å². The fraction of sp³-hybridized carbons (Fsp3) is 0.353. The van der Waals surface area contributed by atoms with Gasteiger partial charge in [-0.2, -0.15) is 5.26 Å². The van der Waals surface area contributed by atoms with Crippen LogP contribution in [-0.2, 0) is 0 Å². The monoisotopic (exact) mass is 371 g/mol. The molecule has 0 N–H and O–H groups in total. The molecule has 1 aliphatic heterocycles. The maximum atomic E-state index is 9.05. The standard InChI is InChI=1S/C17H18BrN5/c1-22(17-6-7-20-12-21-17)15-3-2-8-23(11-15)14-5-4-13(10-19)16(18)9-14/h4-7,9,12,15H,2-3,8,11H2,1H3. The van der Waals surface area contributed by atoms with Crippen molar-refractivity contribution in [2.24, 2.45) is 0 Å². The van der Waals surface area contributed by atoms with Crippen molar-refractivity contribution in [1.82, 2.24) is 9.97 Å². The first-order valence-corrected chi connectivity index (χ1v) is 8.42. The SMILES string of the molecule is CN(c1ccncn1)C1CCCN(c2ccc(C#N)c(Br)c2)C1. The normalized spacial score (nSPS) is 17.6. The van der Waals surface area contributed by atoms with Crippen LogP contribution in [0.3, 0.4) is 0 Å². The highest BCUT2D eigenvalue weighted by Crippen LogP contribution is 2.27. The average Bonchev–Trinajstić information content (AvgIpc) is 2.62. The lowest BCUT2D eigenvalue weighted by molar-refractivity contribution is 0.486. The zero-order chi connectivity index (χ0) is 16.2. The molecule has 1 unspecified atom stereocenters. The number of rotatable bonds is 3. The minimum atomic E-state index is 0.410. The summed E-state index contributed by atoms with van der Waals surface area (Å²) in [6.45, 7) is 1.98. The summed E-state index contributed by atoms with van der Waals surface area (Å²) in [7, 11) is 2.09. The summed E-state index contributed by atoms with van der Waals surface area (Å²) in [5.74, 6) is 0.952. The van der Waals surface area contributed by atoms with Gasteiger partial charge in [-0.15, -0.1) is 0 Å². The molecule has 1 aliphatic rings. The number of nitriles is 1. The third-order valence-electron chi connectivity index (χ3n) is 4.31. The van der Waals surface area contributed by atoms with Gasteiger partial charge in [0.1, 0.15) is 18.2 Å². The number of halogens is 1. The molecule has 1 atom stereocenters. The predicted octanol–water partition coefficient (Wildman–Crippen LogP) is 3.22. The molecule has 0 aliphatic carbocycles. The minimum absolute atomic E-state index is 0.410. The van der Waals surface area contributed by atoms with E-state index < -0.39 is 0 Å². The molecule has 5 nitrogen and oxygen atoms in total. The molecule has 1 aromatic heterocycles. The van der Waals surface area contributed by atoms with Crippen LogP contribution in [0.15, 0.2) is 41.3 Å². The van der Waals surface area contributed by atoms with Crippen LogP contribution in [0.2, 0.25) is 0 Å². The molecular weight excluding hydrogens is 354 g/mol. The molecule has 0 spiro atoms. The van der Waals surface area contributed by atoms with Gasteiger partial charge in [-0.3, -0.25) is 0 Å². The van der Waals surface area contributed by atoms with Gasteiger partial charge in [0.25, 0.3) is 0 Å². The average molecular weight is 372 g/mol. The summed E-state index contributed by atoms with van der Waals surface area (Å²) < 4.78 is 0.851. The lowest BCUT2D eigenvalue weighted by atomic mass is 10.0. The van der Waals surface area contributed by atoms with Gasteiger partial charge in [0.15, 0.2) is 0 Å². The van der Waals surface area contributed by atoms with E-state index >= 15 is 0 Å². The molecular formula is C17H18BrN5. The van der Waals surface area contributed by atoms with E-state index in [9.17, 15) is 0 Å². The van der Waals surface area contributed by atoms with Crippen LogP contribution >= 0.6 is 15.9 Å². The Labute approximate surface area is 144 Å². The van der Waals surface area contributed by atoms with Crippen LogP contribution in [0.5, 0.6) is 0 Å². The second-order valence-corrected chi connectivity index (χ2v) is 6.55. The number of hydrogen-bond donors (Lipinski definition) is 0. The van der Waals surface area contributed by atoms with Crippen LogP contribution in [0.1, 0.15) is 18.4 Å². The molecule has 0 bridgehead atoms. The van der Waals surface area contributed by atoms with Gasteiger partial charge in [0, 0.05) is 42.5 Å². The number of hydrogen-bond acceptors (Lipinski definition) is 5. The van der Waals surface area contributed by atoms with Gasteiger partial charge in [-0.25, -0.2) is 9.97 Å². The second-order valence-electron chi connectivity index (χ2n) is 5.70. The highest BCUT2D eigenvalue weighted by Gasteiger charge is 2.24. The Bertz CT molecular complexity index is 713. The summed E-state index contributed by atoms with van der Waals surface area (Å²) in [4.78, 5) is 12.9. The Hall–Kier alpha value is -2.13. The summed E-state index contributed by atoms with van der Waals surface area (Å²) in [6, 6.07) is 10.5. The fourth-order valence-electron chi connectivity index (χ4n) is 2.98. The first-order chi connectivity index (χ1) is 11.2. The van der Waals surface area contributed by atoms with Crippen LogP contribution in [0, 0.1) is 11.3 Å². The van der Waals surface area contributed by atoms with Crippen molar-refractivity contribution in [3.8, 4) is 6.07 Å². The number of anilines is 2. The van der Waals surface area contributed by atoms with Gasteiger partial charge in [-0.05, 0) is 53.0 Å². The largest absolute Gasteiger partial charge is 0.369 e. The molecule has 23 heavy (non-hydrogen) atoms. The maximum absolute atomic E-state index is 9.05.